The first-order chi connectivity index (χ1) is 7.03. The second-order valence-electron chi connectivity index (χ2n) is 5.05. The van der Waals surface area contributed by atoms with Gasteiger partial charge in [0.15, 0.2) is 0 Å². The molecular weight excluding hydrogens is 190 g/mol. The zero-order valence-corrected chi connectivity index (χ0v) is 10.1. The van der Waals surface area contributed by atoms with Gasteiger partial charge in [0.2, 0.25) is 0 Å². The SMILES string of the molecule is CCOC(=O)CC1(CN)C[C@@H](C)[C@H](C)C1. The Labute approximate surface area is 92.4 Å². The minimum Gasteiger partial charge on any atom is -0.466 e. The van der Waals surface area contributed by atoms with Crippen molar-refractivity contribution >= 4 is 5.97 Å². The van der Waals surface area contributed by atoms with E-state index in [9.17, 15) is 4.79 Å². The van der Waals surface area contributed by atoms with Crippen LogP contribution in [0.4, 0.5) is 0 Å². The smallest absolute Gasteiger partial charge is 0.306 e. The predicted molar refractivity (Wildman–Crippen MR) is 60.3 cm³/mol. The Hall–Kier alpha value is -0.570. The number of carbonyl (C=O) groups is 1. The van der Waals surface area contributed by atoms with Crippen LogP contribution in [0.25, 0.3) is 0 Å². The van der Waals surface area contributed by atoms with E-state index in [1.807, 2.05) is 6.92 Å². The molecule has 1 saturated carbocycles. The maximum Gasteiger partial charge on any atom is 0.306 e. The van der Waals surface area contributed by atoms with Gasteiger partial charge in [0.1, 0.15) is 0 Å². The average Bonchev–Trinajstić information content (AvgIpc) is 2.43. The fourth-order valence-electron chi connectivity index (χ4n) is 2.75. The van der Waals surface area contributed by atoms with E-state index >= 15 is 0 Å². The lowest BCUT2D eigenvalue weighted by Gasteiger charge is -2.26. The van der Waals surface area contributed by atoms with E-state index in [0.29, 0.717) is 31.4 Å². The molecule has 0 aromatic carbocycles. The Kier molecular flexibility index (Phi) is 4.14. The van der Waals surface area contributed by atoms with Crippen LogP contribution >= 0.6 is 0 Å². The summed E-state index contributed by atoms with van der Waals surface area (Å²) in [5.74, 6) is 1.25. The molecule has 0 aliphatic heterocycles. The van der Waals surface area contributed by atoms with Gasteiger partial charge < -0.3 is 10.5 Å². The third-order valence-electron chi connectivity index (χ3n) is 3.74. The molecule has 0 bridgehead atoms. The van der Waals surface area contributed by atoms with Crippen molar-refractivity contribution in [2.45, 2.75) is 40.0 Å². The summed E-state index contributed by atoms with van der Waals surface area (Å²) < 4.78 is 5.01. The third-order valence-corrected chi connectivity index (χ3v) is 3.74. The van der Waals surface area contributed by atoms with Gasteiger partial charge >= 0.3 is 5.97 Å². The summed E-state index contributed by atoms with van der Waals surface area (Å²) in [5, 5.41) is 0. The molecule has 0 amide bonds. The van der Waals surface area contributed by atoms with E-state index < -0.39 is 0 Å². The molecule has 1 aliphatic carbocycles. The van der Waals surface area contributed by atoms with Crippen LogP contribution in [0.3, 0.4) is 0 Å². The highest BCUT2D eigenvalue weighted by molar-refractivity contribution is 5.70. The Morgan fingerprint density at radius 2 is 1.93 bits per heavy atom. The van der Waals surface area contributed by atoms with Crippen molar-refractivity contribution in [3.8, 4) is 0 Å². The van der Waals surface area contributed by atoms with Gasteiger partial charge in [-0.25, -0.2) is 0 Å². The zero-order chi connectivity index (χ0) is 11.5. The zero-order valence-electron chi connectivity index (χ0n) is 10.1. The second kappa shape index (κ2) is 4.97. The van der Waals surface area contributed by atoms with E-state index in [1.54, 1.807) is 0 Å². The number of hydrogen-bond acceptors (Lipinski definition) is 3. The Balaban J connectivity index is 2.59. The molecule has 88 valence electrons. The molecule has 2 N–H and O–H groups in total. The largest absolute Gasteiger partial charge is 0.466 e. The summed E-state index contributed by atoms with van der Waals surface area (Å²) in [5.41, 5.74) is 5.83. The number of esters is 1. The summed E-state index contributed by atoms with van der Waals surface area (Å²) in [4.78, 5) is 11.5. The van der Waals surface area contributed by atoms with Crippen molar-refractivity contribution in [2.75, 3.05) is 13.2 Å². The lowest BCUT2D eigenvalue weighted by atomic mass is 9.82. The molecule has 0 heterocycles. The molecule has 1 rings (SSSR count). The van der Waals surface area contributed by atoms with Crippen molar-refractivity contribution in [1.29, 1.82) is 0 Å². The second-order valence-corrected chi connectivity index (χ2v) is 5.05. The summed E-state index contributed by atoms with van der Waals surface area (Å²) >= 11 is 0. The highest BCUT2D eigenvalue weighted by Crippen LogP contribution is 2.47. The van der Waals surface area contributed by atoms with E-state index in [1.165, 1.54) is 0 Å². The molecule has 0 saturated heterocycles. The molecule has 3 nitrogen and oxygen atoms in total. The topological polar surface area (TPSA) is 52.3 Å². The number of rotatable bonds is 4. The summed E-state index contributed by atoms with van der Waals surface area (Å²) in [6.45, 7) is 7.39. The van der Waals surface area contributed by atoms with Crippen molar-refractivity contribution in [3.05, 3.63) is 0 Å². The predicted octanol–water partition coefficient (Wildman–Crippen LogP) is 1.95. The van der Waals surface area contributed by atoms with Gasteiger partial charge in [-0.05, 0) is 43.6 Å². The molecule has 15 heavy (non-hydrogen) atoms. The first-order valence-corrected chi connectivity index (χ1v) is 5.88. The van der Waals surface area contributed by atoms with Crippen LogP contribution in [0.5, 0.6) is 0 Å². The summed E-state index contributed by atoms with van der Waals surface area (Å²) in [7, 11) is 0. The minimum atomic E-state index is -0.0933. The van der Waals surface area contributed by atoms with Crippen LogP contribution in [0.1, 0.15) is 40.0 Å². The van der Waals surface area contributed by atoms with Gasteiger partial charge in [-0.15, -0.1) is 0 Å². The molecule has 0 spiro atoms. The molecular formula is C12H23NO2. The van der Waals surface area contributed by atoms with E-state index in [4.69, 9.17) is 10.5 Å². The molecule has 1 aliphatic rings. The lowest BCUT2D eigenvalue weighted by molar-refractivity contribution is -0.145. The van der Waals surface area contributed by atoms with Crippen LogP contribution in [-0.4, -0.2) is 19.1 Å². The van der Waals surface area contributed by atoms with Gasteiger partial charge in [0.25, 0.3) is 0 Å². The standard InChI is InChI=1S/C12H23NO2/c1-4-15-11(14)7-12(8-13)5-9(2)10(3)6-12/h9-10H,4-8,13H2,1-3H3/t9-,10-/m1/s1. The maximum atomic E-state index is 11.5. The maximum absolute atomic E-state index is 11.5. The van der Waals surface area contributed by atoms with Crippen LogP contribution in [0, 0.1) is 17.3 Å². The van der Waals surface area contributed by atoms with Crippen LogP contribution in [-0.2, 0) is 9.53 Å². The first-order valence-electron chi connectivity index (χ1n) is 5.88. The van der Waals surface area contributed by atoms with Crippen LogP contribution < -0.4 is 5.73 Å². The third kappa shape index (κ3) is 2.94. The molecule has 0 aromatic heterocycles. The molecule has 1 fully saturated rings. The van der Waals surface area contributed by atoms with Crippen molar-refractivity contribution in [3.63, 3.8) is 0 Å². The summed E-state index contributed by atoms with van der Waals surface area (Å²) in [6, 6.07) is 0. The van der Waals surface area contributed by atoms with Gasteiger partial charge in [-0.1, -0.05) is 13.8 Å². The van der Waals surface area contributed by atoms with Gasteiger partial charge in [-0.3, -0.25) is 4.79 Å². The molecule has 2 atom stereocenters. The summed E-state index contributed by atoms with van der Waals surface area (Å²) in [6.07, 6.45) is 2.61. The van der Waals surface area contributed by atoms with Crippen molar-refractivity contribution < 1.29 is 9.53 Å². The quantitative estimate of drug-likeness (QED) is 0.726. The fraction of sp³-hybridized carbons (Fsp3) is 0.917. The van der Waals surface area contributed by atoms with Crippen LogP contribution in [0.15, 0.2) is 0 Å². The van der Waals surface area contributed by atoms with Gasteiger partial charge in [0, 0.05) is 0 Å². The molecule has 3 heteroatoms. The minimum absolute atomic E-state index is 0.00505. The Bertz CT molecular complexity index is 218. The molecule has 0 aromatic rings. The molecule has 0 radical (unpaired) electrons. The number of hydrogen-bond donors (Lipinski definition) is 1. The average molecular weight is 213 g/mol. The van der Waals surface area contributed by atoms with E-state index in [2.05, 4.69) is 13.8 Å². The lowest BCUT2D eigenvalue weighted by Crippen LogP contribution is -2.31. The van der Waals surface area contributed by atoms with Crippen molar-refractivity contribution in [2.24, 2.45) is 23.0 Å². The van der Waals surface area contributed by atoms with E-state index in [-0.39, 0.29) is 11.4 Å². The number of carbonyl (C=O) groups excluding carboxylic acids is 1. The Morgan fingerprint density at radius 3 is 2.33 bits per heavy atom. The van der Waals surface area contributed by atoms with E-state index in [0.717, 1.165) is 12.8 Å². The first kappa shape index (κ1) is 12.5. The monoisotopic (exact) mass is 213 g/mol. The Morgan fingerprint density at radius 1 is 1.40 bits per heavy atom. The highest BCUT2D eigenvalue weighted by Gasteiger charge is 2.42. The van der Waals surface area contributed by atoms with Gasteiger partial charge in [-0.2, -0.15) is 0 Å². The molecule has 0 unspecified atom stereocenters. The van der Waals surface area contributed by atoms with Crippen LogP contribution in [0.2, 0.25) is 0 Å². The number of nitrogens with two attached hydrogens (primary N) is 1. The fourth-order valence-corrected chi connectivity index (χ4v) is 2.75. The normalized spacial score (nSPS) is 29.1. The number of ether oxygens (including phenoxy) is 1. The van der Waals surface area contributed by atoms with Gasteiger partial charge in [0.05, 0.1) is 13.0 Å². The van der Waals surface area contributed by atoms with Crippen molar-refractivity contribution in [1.82, 2.24) is 0 Å². The highest BCUT2D eigenvalue weighted by atomic mass is 16.5.